The number of rotatable bonds is 10. The molecule has 0 unspecified atom stereocenters. The van der Waals surface area contributed by atoms with Crippen molar-refractivity contribution in [1.82, 2.24) is 9.88 Å². The molecule has 0 bridgehead atoms. The van der Waals surface area contributed by atoms with Crippen molar-refractivity contribution in [2.75, 3.05) is 37.7 Å². The molecule has 0 spiro atoms. The van der Waals surface area contributed by atoms with Crippen molar-refractivity contribution in [3.05, 3.63) is 54.1 Å². The highest BCUT2D eigenvalue weighted by Gasteiger charge is 2.21. The van der Waals surface area contributed by atoms with Crippen LogP contribution in [0.1, 0.15) is 26.3 Å². The van der Waals surface area contributed by atoms with E-state index in [1.165, 1.54) is 0 Å². The summed E-state index contributed by atoms with van der Waals surface area (Å²) in [7, 11) is 0. The van der Waals surface area contributed by atoms with Gasteiger partial charge in [-0.15, -0.1) is 0 Å². The van der Waals surface area contributed by atoms with E-state index in [2.05, 4.69) is 18.7 Å². The van der Waals surface area contributed by atoms with Gasteiger partial charge >= 0.3 is 0 Å². The average Bonchev–Trinajstić information content (AvgIpc) is 3.15. The highest BCUT2D eigenvalue weighted by Crippen LogP contribution is 2.32. The number of carbonyl (C=O) groups excluding carboxylic acids is 1. The van der Waals surface area contributed by atoms with Gasteiger partial charge in [-0.2, -0.15) is 0 Å². The Hall–Kier alpha value is -2.44. The lowest BCUT2D eigenvalue weighted by Crippen LogP contribution is -2.39. The van der Waals surface area contributed by atoms with Gasteiger partial charge in [0.1, 0.15) is 5.75 Å². The van der Waals surface area contributed by atoms with Crippen molar-refractivity contribution in [3.8, 4) is 5.75 Å². The molecule has 0 aliphatic rings. The molecule has 154 valence electrons. The maximum Gasteiger partial charge on any atom is 0.233 e. The largest absolute Gasteiger partial charge is 0.494 e. The standard InChI is InChI=1S/C23H29N3O2S/c1-4-25(5-2)14-15-26(22(27)16-18-10-8-7-9-11-18)23-24-20-13-12-19(28-6-3)17-21(20)29-23/h7-13,17H,4-6,14-16H2,1-3H3. The molecular weight excluding hydrogens is 382 g/mol. The molecule has 0 saturated heterocycles. The first-order valence-corrected chi connectivity index (χ1v) is 11.1. The summed E-state index contributed by atoms with van der Waals surface area (Å²) in [6.45, 7) is 10.3. The summed E-state index contributed by atoms with van der Waals surface area (Å²) >= 11 is 1.55. The molecule has 6 heteroatoms. The van der Waals surface area contributed by atoms with Crippen molar-refractivity contribution >= 4 is 32.6 Å². The second-order valence-corrected chi connectivity index (χ2v) is 7.80. The second-order valence-electron chi connectivity index (χ2n) is 6.79. The van der Waals surface area contributed by atoms with Crippen molar-refractivity contribution in [3.63, 3.8) is 0 Å². The van der Waals surface area contributed by atoms with Gasteiger partial charge in [-0.3, -0.25) is 9.69 Å². The molecule has 0 aliphatic carbocycles. The molecular formula is C23H29N3O2S. The Balaban J connectivity index is 1.86. The van der Waals surface area contributed by atoms with E-state index in [9.17, 15) is 4.79 Å². The molecule has 29 heavy (non-hydrogen) atoms. The van der Waals surface area contributed by atoms with Gasteiger partial charge in [0.15, 0.2) is 5.13 Å². The van der Waals surface area contributed by atoms with Crippen molar-refractivity contribution in [2.24, 2.45) is 0 Å². The Bertz CT molecular complexity index is 922. The number of aromatic nitrogens is 1. The predicted octanol–water partition coefficient (Wildman–Crippen LogP) is 4.61. The molecule has 1 aromatic heterocycles. The van der Waals surface area contributed by atoms with Crippen LogP contribution < -0.4 is 9.64 Å². The van der Waals surface area contributed by atoms with Gasteiger partial charge in [-0.25, -0.2) is 4.98 Å². The Morgan fingerprint density at radius 1 is 1.03 bits per heavy atom. The van der Waals surface area contributed by atoms with Crippen LogP contribution in [0.2, 0.25) is 0 Å². The summed E-state index contributed by atoms with van der Waals surface area (Å²) in [4.78, 5) is 22.1. The first-order valence-electron chi connectivity index (χ1n) is 10.2. The third kappa shape index (κ3) is 5.55. The number of nitrogens with zero attached hydrogens (tertiary/aromatic N) is 3. The number of amides is 1. The number of likely N-dealkylation sites (N-methyl/N-ethyl adjacent to an activating group) is 1. The lowest BCUT2D eigenvalue weighted by molar-refractivity contribution is -0.118. The van der Waals surface area contributed by atoms with Crippen LogP contribution >= 0.6 is 11.3 Å². The number of carbonyl (C=O) groups is 1. The lowest BCUT2D eigenvalue weighted by atomic mass is 10.1. The van der Waals surface area contributed by atoms with Crippen molar-refractivity contribution in [2.45, 2.75) is 27.2 Å². The minimum Gasteiger partial charge on any atom is -0.494 e. The van der Waals surface area contributed by atoms with Crippen LogP contribution in [-0.2, 0) is 11.2 Å². The fourth-order valence-corrected chi connectivity index (χ4v) is 4.28. The normalized spacial score (nSPS) is 11.2. The van der Waals surface area contributed by atoms with Gasteiger partial charge in [0.25, 0.3) is 0 Å². The first kappa shape index (κ1) is 21.3. The zero-order chi connectivity index (χ0) is 20.6. The SMILES string of the molecule is CCOc1ccc2nc(N(CCN(CC)CC)C(=O)Cc3ccccc3)sc2c1. The number of hydrogen-bond acceptors (Lipinski definition) is 5. The van der Waals surface area contributed by atoms with Crippen LogP contribution in [0.25, 0.3) is 10.2 Å². The monoisotopic (exact) mass is 411 g/mol. The number of benzene rings is 2. The lowest BCUT2D eigenvalue weighted by Gasteiger charge is -2.24. The molecule has 0 atom stereocenters. The maximum atomic E-state index is 13.2. The zero-order valence-electron chi connectivity index (χ0n) is 17.4. The van der Waals surface area contributed by atoms with E-state index in [0.29, 0.717) is 19.6 Å². The van der Waals surface area contributed by atoms with Crippen LogP contribution in [0.5, 0.6) is 5.75 Å². The highest BCUT2D eigenvalue weighted by molar-refractivity contribution is 7.22. The van der Waals surface area contributed by atoms with E-state index in [4.69, 9.17) is 9.72 Å². The van der Waals surface area contributed by atoms with Crippen molar-refractivity contribution in [1.29, 1.82) is 0 Å². The van der Waals surface area contributed by atoms with Crippen LogP contribution in [0, 0.1) is 0 Å². The Morgan fingerprint density at radius 2 is 1.79 bits per heavy atom. The fraction of sp³-hybridized carbons (Fsp3) is 0.391. The molecule has 0 saturated carbocycles. The molecule has 3 aromatic rings. The van der Waals surface area contributed by atoms with Crippen LogP contribution in [0.15, 0.2) is 48.5 Å². The van der Waals surface area contributed by atoms with Crippen LogP contribution in [0.4, 0.5) is 5.13 Å². The molecule has 2 aromatic carbocycles. The molecule has 5 nitrogen and oxygen atoms in total. The number of thiazole rings is 1. The zero-order valence-corrected chi connectivity index (χ0v) is 18.2. The summed E-state index contributed by atoms with van der Waals surface area (Å²) in [5.74, 6) is 0.910. The van der Waals surface area contributed by atoms with E-state index in [-0.39, 0.29) is 5.91 Å². The summed E-state index contributed by atoms with van der Waals surface area (Å²) in [6.07, 6.45) is 0.374. The van der Waals surface area contributed by atoms with E-state index < -0.39 is 0 Å². The smallest absolute Gasteiger partial charge is 0.233 e. The molecule has 1 amide bonds. The van der Waals surface area contributed by atoms with Gasteiger partial charge in [0, 0.05) is 13.1 Å². The van der Waals surface area contributed by atoms with Gasteiger partial charge in [0.05, 0.1) is 23.2 Å². The quantitative estimate of drug-likeness (QED) is 0.489. The number of ether oxygens (including phenoxy) is 1. The summed E-state index contributed by atoms with van der Waals surface area (Å²) < 4.78 is 6.64. The van der Waals surface area contributed by atoms with Crippen LogP contribution in [-0.4, -0.2) is 48.6 Å². The summed E-state index contributed by atoms with van der Waals surface area (Å²) in [5, 5.41) is 0.752. The van der Waals surface area contributed by atoms with Gasteiger partial charge in [-0.1, -0.05) is 55.5 Å². The topological polar surface area (TPSA) is 45.7 Å². The second kappa shape index (κ2) is 10.4. The van der Waals surface area contributed by atoms with Gasteiger partial charge in [-0.05, 0) is 43.8 Å². The third-order valence-corrected chi connectivity index (χ3v) is 5.97. The molecule has 3 rings (SSSR count). The fourth-order valence-electron chi connectivity index (χ4n) is 3.24. The molecule has 0 N–H and O–H groups in total. The average molecular weight is 412 g/mol. The van der Waals surface area contributed by atoms with Crippen LogP contribution in [0.3, 0.4) is 0 Å². The van der Waals surface area contributed by atoms with Gasteiger partial charge in [0.2, 0.25) is 5.91 Å². The van der Waals surface area contributed by atoms with E-state index in [0.717, 1.165) is 46.3 Å². The summed E-state index contributed by atoms with van der Waals surface area (Å²) in [5.41, 5.74) is 1.92. The molecule has 1 heterocycles. The third-order valence-electron chi connectivity index (χ3n) is 4.92. The Morgan fingerprint density at radius 3 is 2.48 bits per heavy atom. The molecule has 0 aliphatic heterocycles. The minimum atomic E-state index is 0.0763. The number of anilines is 1. The van der Waals surface area contributed by atoms with E-state index in [1.807, 2.05) is 60.4 Å². The number of hydrogen-bond donors (Lipinski definition) is 0. The first-order chi connectivity index (χ1) is 14.1. The molecule has 0 fully saturated rings. The maximum absolute atomic E-state index is 13.2. The Kier molecular flexibility index (Phi) is 7.61. The van der Waals surface area contributed by atoms with E-state index >= 15 is 0 Å². The van der Waals surface area contributed by atoms with E-state index in [1.54, 1.807) is 11.3 Å². The number of fused-ring (bicyclic) bond motifs is 1. The predicted molar refractivity (Wildman–Crippen MR) is 121 cm³/mol. The highest BCUT2D eigenvalue weighted by atomic mass is 32.1. The molecule has 0 radical (unpaired) electrons. The Labute approximate surface area is 176 Å². The minimum absolute atomic E-state index is 0.0763. The summed E-state index contributed by atoms with van der Waals surface area (Å²) in [6, 6.07) is 15.8. The van der Waals surface area contributed by atoms with Gasteiger partial charge < -0.3 is 9.64 Å². The van der Waals surface area contributed by atoms with Crippen molar-refractivity contribution < 1.29 is 9.53 Å².